The zero-order chi connectivity index (χ0) is 18.6. The summed E-state index contributed by atoms with van der Waals surface area (Å²) >= 11 is 2.95. The minimum Gasteiger partial charge on any atom is -0.376 e. The molecule has 0 radical (unpaired) electrons. The summed E-state index contributed by atoms with van der Waals surface area (Å²) in [4.78, 5) is 21.8. The third kappa shape index (κ3) is 4.45. The van der Waals surface area contributed by atoms with Gasteiger partial charge in [-0.3, -0.25) is 4.79 Å². The SMILES string of the molecule is O=C(CSc1ncnc2cc(-c3ccc(F)cc3)sc12)NCC1CCCO1. The van der Waals surface area contributed by atoms with Crippen LogP contribution in [0.25, 0.3) is 20.7 Å². The van der Waals surface area contributed by atoms with Gasteiger partial charge in [0.25, 0.3) is 0 Å². The number of thioether (sulfide) groups is 1. The van der Waals surface area contributed by atoms with Crippen molar-refractivity contribution in [1.29, 1.82) is 0 Å². The number of carbonyl (C=O) groups is 1. The second-order valence-corrected chi connectivity index (χ2v) is 8.25. The maximum atomic E-state index is 13.1. The highest BCUT2D eigenvalue weighted by atomic mass is 32.2. The molecule has 140 valence electrons. The number of hydrogen-bond acceptors (Lipinski definition) is 6. The lowest BCUT2D eigenvalue weighted by molar-refractivity contribution is -0.119. The predicted molar refractivity (Wildman–Crippen MR) is 106 cm³/mol. The van der Waals surface area contributed by atoms with E-state index in [1.807, 2.05) is 6.07 Å². The molecule has 1 fully saturated rings. The van der Waals surface area contributed by atoms with Crippen LogP contribution in [0.2, 0.25) is 0 Å². The molecule has 8 heteroatoms. The number of carbonyl (C=O) groups excluding carboxylic acids is 1. The Morgan fingerprint density at radius 3 is 2.96 bits per heavy atom. The fourth-order valence-corrected chi connectivity index (χ4v) is 4.94. The second-order valence-electron chi connectivity index (χ2n) is 6.24. The van der Waals surface area contributed by atoms with E-state index < -0.39 is 0 Å². The minimum absolute atomic E-state index is 0.0300. The summed E-state index contributed by atoms with van der Waals surface area (Å²) < 4.78 is 19.6. The van der Waals surface area contributed by atoms with Gasteiger partial charge in [0.15, 0.2) is 0 Å². The first-order valence-corrected chi connectivity index (χ1v) is 10.5. The normalized spacial score (nSPS) is 16.7. The van der Waals surface area contributed by atoms with Crippen LogP contribution in [-0.2, 0) is 9.53 Å². The fraction of sp³-hybridized carbons (Fsp3) is 0.316. The zero-order valence-corrected chi connectivity index (χ0v) is 16.1. The Hall–Kier alpha value is -2.03. The molecule has 0 saturated carbocycles. The number of rotatable bonds is 6. The van der Waals surface area contributed by atoms with Gasteiger partial charge in [-0.15, -0.1) is 11.3 Å². The number of nitrogens with one attached hydrogen (secondary N) is 1. The van der Waals surface area contributed by atoms with Gasteiger partial charge in [-0.2, -0.15) is 0 Å². The van der Waals surface area contributed by atoms with Crippen molar-refractivity contribution in [2.45, 2.75) is 24.0 Å². The third-order valence-corrected chi connectivity index (χ3v) is 6.60. The first-order valence-electron chi connectivity index (χ1n) is 8.70. The molecule has 2 aromatic heterocycles. The molecule has 1 N–H and O–H groups in total. The summed E-state index contributed by atoms with van der Waals surface area (Å²) in [5, 5.41) is 3.70. The van der Waals surface area contributed by atoms with Crippen molar-refractivity contribution in [2.24, 2.45) is 0 Å². The van der Waals surface area contributed by atoms with Gasteiger partial charge in [0, 0.05) is 18.0 Å². The number of halogens is 1. The van der Waals surface area contributed by atoms with Gasteiger partial charge in [-0.1, -0.05) is 23.9 Å². The van der Waals surface area contributed by atoms with E-state index in [0.29, 0.717) is 12.3 Å². The molecule has 1 atom stereocenters. The molecule has 3 heterocycles. The number of benzene rings is 1. The Labute approximate surface area is 164 Å². The molecule has 1 aliphatic heterocycles. The van der Waals surface area contributed by atoms with Crippen LogP contribution in [0.3, 0.4) is 0 Å². The summed E-state index contributed by atoms with van der Waals surface area (Å²) in [5.41, 5.74) is 1.77. The summed E-state index contributed by atoms with van der Waals surface area (Å²) in [6.07, 6.45) is 3.71. The van der Waals surface area contributed by atoms with Crippen molar-refractivity contribution in [3.8, 4) is 10.4 Å². The minimum atomic E-state index is -0.259. The van der Waals surface area contributed by atoms with Gasteiger partial charge in [-0.05, 0) is 36.6 Å². The summed E-state index contributed by atoms with van der Waals surface area (Å²) in [7, 11) is 0. The zero-order valence-electron chi connectivity index (χ0n) is 14.5. The van der Waals surface area contributed by atoms with Crippen molar-refractivity contribution < 1.29 is 13.9 Å². The van der Waals surface area contributed by atoms with E-state index in [1.54, 1.807) is 23.5 Å². The van der Waals surface area contributed by atoms with Gasteiger partial charge in [0.1, 0.15) is 17.2 Å². The molecular weight excluding hydrogens is 385 g/mol. The third-order valence-electron chi connectivity index (χ3n) is 4.30. The molecule has 1 amide bonds. The van der Waals surface area contributed by atoms with Crippen LogP contribution in [0.15, 0.2) is 41.7 Å². The topological polar surface area (TPSA) is 64.1 Å². The highest BCUT2D eigenvalue weighted by Crippen LogP contribution is 2.36. The van der Waals surface area contributed by atoms with Gasteiger partial charge >= 0.3 is 0 Å². The molecule has 0 spiro atoms. The number of ether oxygens (including phenoxy) is 1. The molecule has 27 heavy (non-hydrogen) atoms. The monoisotopic (exact) mass is 403 g/mol. The lowest BCUT2D eigenvalue weighted by atomic mass is 10.2. The quantitative estimate of drug-likeness (QED) is 0.500. The lowest BCUT2D eigenvalue weighted by Crippen LogP contribution is -2.32. The van der Waals surface area contributed by atoms with E-state index >= 15 is 0 Å². The first-order chi connectivity index (χ1) is 13.2. The van der Waals surface area contributed by atoms with Crippen molar-refractivity contribution in [3.05, 3.63) is 42.5 Å². The van der Waals surface area contributed by atoms with Gasteiger partial charge in [-0.25, -0.2) is 14.4 Å². The summed E-state index contributed by atoms with van der Waals surface area (Å²) in [5.74, 6) is 0.00490. The molecule has 3 aromatic rings. The average Bonchev–Trinajstić information content (AvgIpc) is 3.35. The van der Waals surface area contributed by atoms with Crippen LogP contribution in [0, 0.1) is 5.82 Å². The standard InChI is InChI=1S/C19H18FN3O2S2/c20-13-5-3-12(4-6-13)16-8-15-18(27-16)19(23-11-22-15)26-10-17(24)21-9-14-2-1-7-25-14/h3-6,8,11,14H,1-2,7,9-10H2,(H,21,24). The number of fused-ring (bicyclic) bond motifs is 1. The lowest BCUT2D eigenvalue weighted by Gasteiger charge is -2.10. The Balaban J connectivity index is 1.43. The molecule has 4 rings (SSSR count). The molecule has 1 unspecified atom stereocenters. The number of nitrogens with zero attached hydrogens (tertiary/aromatic N) is 2. The Morgan fingerprint density at radius 2 is 2.19 bits per heavy atom. The summed E-state index contributed by atoms with van der Waals surface area (Å²) in [6.45, 7) is 1.34. The molecular formula is C19H18FN3O2S2. The summed E-state index contributed by atoms with van der Waals surface area (Å²) in [6, 6.07) is 8.35. The van der Waals surface area contributed by atoms with Crippen LogP contribution < -0.4 is 5.32 Å². The highest BCUT2D eigenvalue weighted by Gasteiger charge is 2.17. The molecule has 5 nitrogen and oxygen atoms in total. The van der Waals surface area contributed by atoms with Crippen LogP contribution in [0.4, 0.5) is 4.39 Å². The van der Waals surface area contributed by atoms with E-state index in [-0.39, 0.29) is 17.8 Å². The number of amides is 1. The fourth-order valence-electron chi connectivity index (χ4n) is 2.91. The van der Waals surface area contributed by atoms with E-state index in [0.717, 1.165) is 45.1 Å². The predicted octanol–water partition coefficient (Wildman–Crippen LogP) is 3.88. The maximum absolute atomic E-state index is 13.1. The van der Waals surface area contributed by atoms with E-state index in [4.69, 9.17) is 4.74 Å². The first kappa shape index (κ1) is 18.3. The van der Waals surface area contributed by atoms with Crippen LogP contribution in [0.5, 0.6) is 0 Å². The Kier molecular flexibility index (Phi) is 5.66. The number of thiophene rings is 1. The molecule has 0 bridgehead atoms. The average molecular weight is 404 g/mol. The molecule has 1 saturated heterocycles. The van der Waals surface area contributed by atoms with Crippen molar-refractivity contribution >= 4 is 39.2 Å². The van der Waals surface area contributed by atoms with E-state index in [2.05, 4.69) is 15.3 Å². The Morgan fingerprint density at radius 1 is 1.33 bits per heavy atom. The molecule has 1 aliphatic rings. The van der Waals surface area contributed by atoms with Gasteiger partial charge in [0.05, 0.1) is 22.1 Å². The van der Waals surface area contributed by atoms with Gasteiger partial charge < -0.3 is 10.1 Å². The van der Waals surface area contributed by atoms with Crippen LogP contribution in [0.1, 0.15) is 12.8 Å². The van der Waals surface area contributed by atoms with Crippen LogP contribution in [-0.4, -0.2) is 40.9 Å². The van der Waals surface area contributed by atoms with E-state index in [9.17, 15) is 9.18 Å². The van der Waals surface area contributed by atoms with Crippen molar-refractivity contribution in [1.82, 2.24) is 15.3 Å². The second kappa shape index (κ2) is 8.33. The van der Waals surface area contributed by atoms with Crippen molar-refractivity contribution in [2.75, 3.05) is 18.9 Å². The smallest absolute Gasteiger partial charge is 0.230 e. The van der Waals surface area contributed by atoms with E-state index in [1.165, 1.54) is 30.2 Å². The molecule has 0 aliphatic carbocycles. The largest absolute Gasteiger partial charge is 0.376 e. The van der Waals surface area contributed by atoms with Gasteiger partial charge in [0.2, 0.25) is 5.91 Å². The van der Waals surface area contributed by atoms with Crippen molar-refractivity contribution in [3.63, 3.8) is 0 Å². The molecule has 1 aromatic carbocycles. The number of hydrogen-bond donors (Lipinski definition) is 1. The highest BCUT2D eigenvalue weighted by molar-refractivity contribution is 8.00. The maximum Gasteiger partial charge on any atom is 0.230 e. The Bertz CT molecular complexity index is 940. The van der Waals surface area contributed by atoms with Crippen LogP contribution >= 0.6 is 23.1 Å². The number of aromatic nitrogens is 2.